The molecule has 0 atom stereocenters. The second-order valence-corrected chi connectivity index (χ2v) is 9.47. The number of carbonyl (C=O) groups excluding carboxylic acids is 1. The van der Waals surface area contributed by atoms with Gasteiger partial charge >= 0.3 is 0 Å². The Hall–Kier alpha value is -2.84. The van der Waals surface area contributed by atoms with Crippen molar-refractivity contribution < 1.29 is 9.21 Å². The van der Waals surface area contributed by atoms with Crippen molar-refractivity contribution in [1.29, 1.82) is 0 Å². The molecule has 6 nitrogen and oxygen atoms in total. The predicted molar refractivity (Wildman–Crippen MR) is 133 cm³/mol. The SMILES string of the molecule is C=CCn1c(SCC(=O)Nc2ccc(C(C)C)cc2)nnc1-c1cc2cc(Br)ccc2o1. The number of anilines is 1. The van der Waals surface area contributed by atoms with Gasteiger partial charge in [0, 0.05) is 22.1 Å². The number of benzene rings is 2. The van der Waals surface area contributed by atoms with Gasteiger partial charge in [0.2, 0.25) is 11.7 Å². The number of aromatic nitrogens is 3. The molecule has 2 aromatic heterocycles. The smallest absolute Gasteiger partial charge is 0.234 e. The first-order valence-corrected chi connectivity index (χ1v) is 12.0. The Morgan fingerprint density at radius 3 is 2.72 bits per heavy atom. The number of thioether (sulfide) groups is 1. The summed E-state index contributed by atoms with van der Waals surface area (Å²) < 4.78 is 8.85. The third-order valence-corrected chi connectivity index (χ3v) is 6.38. The highest BCUT2D eigenvalue weighted by Gasteiger charge is 2.18. The van der Waals surface area contributed by atoms with E-state index in [1.165, 1.54) is 17.3 Å². The van der Waals surface area contributed by atoms with Gasteiger partial charge in [0.1, 0.15) is 5.58 Å². The molecule has 0 radical (unpaired) electrons. The number of allylic oxidation sites excluding steroid dienone is 1. The molecule has 4 aromatic rings. The highest BCUT2D eigenvalue weighted by atomic mass is 79.9. The average Bonchev–Trinajstić information content (AvgIpc) is 3.36. The number of hydrogen-bond acceptors (Lipinski definition) is 5. The summed E-state index contributed by atoms with van der Waals surface area (Å²) in [6, 6.07) is 15.7. The van der Waals surface area contributed by atoms with Crippen LogP contribution in [0.2, 0.25) is 0 Å². The fourth-order valence-electron chi connectivity index (χ4n) is 3.27. The molecule has 0 aliphatic heterocycles. The molecular weight excluding hydrogens is 488 g/mol. The van der Waals surface area contributed by atoms with Crippen molar-refractivity contribution in [3.8, 4) is 11.6 Å². The molecule has 0 saturated heterocycles. The van der Waals surface area contributed by atoms with Crippen LogP contribution in [0.15, 0.2) is 75.2 Å². The average molecular weight is 511 g/mol. The van der Waals surface area contributed by atoms with Gasteiger partial charge in [-0.3, -0.25) is 9.36 Å². The van der Waals surface area contributed by atoms with Crippen LogP contribution >= 0.6 is 27.7 Å². The van der Waals surface area contributed by atoms with Crippen molar-refractivity contribution in [3.05, 3.63) is 71.2 Å². The van der Waals surface area contributed by atoms with Gasteiger partial charge < -0.3 is 9.73 Å². The summed E-state index contributed by atoms with van der Waals surface area (Å²) in [5.41, 5.74) is 2.79. The number of furan rings is 1. The lowest BCUT2D eigenvalue weighted by Crippen LogP contribution is -2.14. The molecule has 2 heterocycles. The first kappa shape index (κ1) is 22.4. The Labute approximate surface area is 199 Å². The van der Waals surface area contributed by atoms with Crippen LogP contribution in [0.25, 0.3) is 22.6 Å². The molecule has 0 saturated carbocycles. The zero-order valence-corrected chi connectivity index (χ0v) is 20.2. The van der Waals surface area contributed by atoms with E-state index in [2.05, 4.69) is 51.9 Å². The normalized spacial score (nSPS) is 11.2. The third kappa shape index (κ3) is 4.97. The van der Waals surface area contributed by atoms with Gasteiger partial charge in [0.25, 0.3) is 0 Å². The molecule has 0 bridgehead atoms. The Morgan fingerprint density at radius 1 is 1.22 bits per heavy atom. The fourth-order valence-corrected chi connectivity index (χ4v) is 4.40. The molecule has 2 aromatic carbocycles. The number of rotatable bonds is 8. The number of carbonyl (C=O) groups is 1. The zero-order valence-electron chi connectivity index (χ0n) is 17.8. The van der Waals surface area contributed by atoms with E-state index in [1.807, 2.05) is 53.1 Å². The quantitative estimate of drug-likeness (QED) is 0.216. The van der Waals surface area contributed by atoms with Crippen LogP contribution in [0.1, 0.15) is 25.3 Å². The maximum Gasteiger partial charge on any atom is 0.234 e. The van der Waals surface area contributed by atoms with Gasteiger partial charge in [0.05, 0.1) is 5.75 Å². The first-order chi connectivity index (χ1) is 15.4. The van der Waals surface area contributed by atoms with Crippen molar-refractivity contribution >= 4 is 50.3 Å². The molecule has 0 aliphatic carbocycles. The zero-order chi connectivity index (χ0) is 22.7. The molecule has 1 amide bonds. The minimum atomic E-state index is -0.101. The van der Waals surface area contributed by atoms with E-state index in [0.29, 0.717) is 29.2 Å². The van der Waals surface area contributed by atoms with Crippen molar-refractivity contribution in [2.75, 3.05) is 11.1 Å². The number of nitrogens with zero attached hydrogens (tertiary/aromatic N) is 3. The Bertz CT molecular complexity index is 1260. The second kappa shape index (κ2) is 9.75. The standard InChI is InChI=1S/C24H23BrN4O2S/c1-4-11-29-23(21-13-17-12-18(25)7-10-20(17)31-21)27-28-24(29)32-14-22(30)26-19-8-5-16(6-9-19)15(2)3/h4-10,12-13,15H,1,11,14H2,2-3H3,(H,26,30). The molecule has 1 N–H and O–H groups in total. The molecular formula is C24H23BrN4O2S. The lowest BCUT2D eigenvalue weighted by Gasteiger charge is -2.09. The van der Waals surface area contributed by atoms with E-state index in [1.54, 1.807) is 6.08 Å². The number of nitrogens with one attached hydrogen (secondary N) is 1. The molecule has 4 rings (SSSR count). The Balaban J connectivity index is 1.48. The molecule has 0 aliphatic rings. The van der Waals surface area contributed by atoms with Gasteiger partial charge in [-0.2, -0.15) is 0 Å². The van der Waals surface area contributed by atoms with E-state index in [-0.39, 0.29) is 11.7 Å². The van der Waals surface area contributed by atoms with Crippen LogP contribution < -0.4 is 5.32 Å². The van der Waals surface area contributed by atoms with E-state index >= 15 is 0 Å². The van der Waals surface area contributed by atoms with Crippen molar-refractivity contribution in [2.45, 2.75) is 31.5 Å². The maximum atomic E-state index is 12.5. The molecule has 164 valence electrons. The van der Waals surface area contributed by atoms with Crippen LogP contribution in [-0.2, 0) is 11.3 Å². The summed E-state index contributed by atoms with van der Waals surface area (Å²) in [4.78, 5) is 12.5. The third-order valence-electron chi connectivity index (χ3n) is 4.92. The van der Waals surface area contributed by atoms with Gasteiger partial charge in [-0.1, -0.05) is 59.7 Å². The minimum Gasteiger partial charge on any atom is -0.453 e. The van der Waals surface area contributed by atoms with Crippen LogP contribution in [0.3, 0.4) is 0 Å². The largest absolute Gasteiger partial charge is 0.453 e. The molecule has 0 spiro atoms. The Morgan fingerprint density at radius 2 is 2.00 bits per heavy atom. The van der Waals surface area contributed by atoms with Gasteiger partial charge in [-0.05, 0) is 47.9 Å². The van der Waals surface area contributed by atoms with E-state index in [0.717, 1.165) is 21.1 Å². The fraction of sp³-hybridized carbons (Fsp3) is 0.208. The summed E-state index contributed by atoms with van der Waals surface area (Å²) in [6.07, 6.45) is 1.77. The predicted octanol–water partition coefficient (Wildman–Crippen LogP) is 6.49. The number of amides is 1. The summed E-state index contributed by atoms with van der Waals surface area (Å²) in [6.45, 7) is 8.62. The van der Waals surface area contributed by atoms with E-state index in [4.69, 9.17) is 4.42 Å². The maximum absolute atomic E-state index is 12.5. The molecule has 8 heteroatoms. The van der Waals surface area contributed by atoms with Gasteiger partial charge in [-0.15, -0.1) is 16.8 Å². The monoisotopic (exact) mass is 510 g/mol. The number of hydrogen-bond donors (Lipinski definition) is 1. The van der Waals surface area contributed by atoms with Gasteiger partial charge in [-0.25, -0.2) is 0 Å². The summed E-state index contributed by atoms with van der Waals surface area (Å²) >= 11 is 4.81. The molecule has 32 heavy (non-hydrogen) atoms. The molecule has 0 fully saturated rings. The topological polar surface area (TPSA) is 73.0 Å². The lowest BCUT2D eigenvalue weighted by atomic mass is 10.0. The molecule has 0 unspecified atom stereocenters. The highest BCUT2D eigenvalue weighted by molar-refractivity contribution is 9.10. The van der Waals surface area contributed by atoms with Crippen LogP contribution in [-0.4, -0.2) is 26.4 Å². The summed E-state index contributed by atoms with van der Waals surface area (Å²) in [7, 11) is 0. The van der Waals surface area contributed by atoms with Crippen LogP contribution in [0.4, 0.5) is 5.69 Å². The van der Waals surface area contributed by atoms with E-state index < -0.39 is 0 Å². The lowest BCUT2D eigenvalue weighted by molar-refractivity contribution is -0.113. The minimum absolute atomic E-state index is 0.101. The summed E-state index contributed by atoms with van der Waals surface area (Å²) in [5, 5.41) is 13.1. The number of fused-ring (bicyclic) bond motifs is 1. The van der Waals surface area contributed by atoms with Crippen molar-refractivity contribution in [3.63, 3.8) is 0 Å². The van der Waals surface area contributed by atoms with Crippen molar-refractivity contribution in [1.82, 2.24) is 14.8 Å². The summed E-state index contributed by atoms with van der Waals surface area (Å²) in [5.74, 6) is 1.79. The van der Waals surface area contributed by atoms with Crippen LogP contribution in [0.5, 0.6) is 0 Å². The van der Waals surface area contributed by atoms with Crippen molar-refractivity contribution in [2.24, 2.45) is 0 Å². The van der Waals surface area contributed by atoms with E-state index in [9.17, 15) is 4.79 Å². The van der Waals surface area contributed by atoms with Gasteiger partial charge in [0.15, 0.2) is 10.9 Å². The first-order valence-electron chi connectivity index (χ1n) is 10.2. The Kier molecular flexibility index (Phi) is 6.81. The highest BCUT2D eigenvalue weighted by Crippen LogP contribution is 2.31. The second-order valence-electron chi connectivity index (χ2n) is 7.61. The van der Waals surface area contributed by atoms with Crippen LogP contribution in [0, 0.1) is 0 Å². The number of halogens is 1.